The van der Waals surface area contributed by atoms with Crippen LogP contribution in [0.4, 0.5) is 0 Å². The number of rotatable bonds is 16. The second kappa shape index (κ2) is 15.3. The van der Waals surface area contributed by atoms with E-state index in [1.165, 1.54) is 40.5 Å². The molecular weight excluding hydrogens is 508 g/mol. The SMILES string of the molecule is CCCN(CCC)CCCOc1ccc(Cc2c(CCN=COc3ccc(C)cc3)c3cc(C)ccc3n2N)cc1. The number of benzene rings is 3. The topological polar surface area (TPSA) is 65.0 Å². The molecule has 4 rings (SSSR count). The summed E-state index contributed by atoms with van der Waals surface area (Å²) in [6, 6.07) is 22.9. The van der Waals surface area contributed by atoms with Gasteiger partial charge in [-0.05, 0) is 100 Å². The smallest absolute Gasteiger partial charge is 0.176 e. The lowest BCUT2D eigenvalue weighted by Crippen LogP contribution is -2.27. The minimum atomic E-state index is 0.618. The van der Waals surface area contributed by atoms with E-state index in [2.05, 4.69) is 80.1 Å². The van der Waals surface area contributed by atoms with Crippen molar-refractivity contribution < 1.29 is 9.47 Å². The molecule has 0 radical (unpaired) electrons. The molecule has 218 valence electrons. The van der Waals surface area contributed by atoms with Crippen LogP contribution in [0.25, 0.3) is 10.9 Å². The molecule has 6 heteroatoms. The van der Waals surface area contributed by atoms with Gasteiger partial charge in [0.25, 0.3) is 0 Å². The largest absolute Gasteiger partial charge is 0.494 e. The van der Waals surface area contributed by atoms with Gasteiger partial charge in [-0.15, -0.1) is 0 Å². The third-order valence-electron chi connectivity index (χ3n) is 7.41. The van der Waals surface area contributed by atoms with Gasteiger partial charge in [0.15, 0.2) is 6.40 Å². The molecule has 0 saturated carbocycles. The zero-order chi connectivity index (χ0) is 29.0. The lowest BCUT2D eigenvalue weighted by molar-refractivity contribution is 0.234. The number of nitrogens with zero attached hydrogens (tertiary/aromatic N) is 3. The van der Waals surface area contributed by atoms with Gasteiger partial charge in [-0.3, -0.25) is 9.67 Å². The third-order valence-corrected chi connectivity index (χ3v) is 7.41. The summed E-state index contributed by atoms with van der Waals surface area (Å²) in [5, 5.41) is 1.19. The van der Waals surface area contributed by atoms with E-state index in [4.69, 9.17) is 15.3 Å². The highest BCUT2D eigenvalue weighted by atomic mass is 16.5. The van der Waals surface area contributed by atoms with Crippen LogP contribution in [-0.4, -0.2) is 48.8 Å². The predicted molar refractivity (Wildman–Crippen MR) is 172 cm³/mol. The standard InChI is InChI=1S/C35H46N4O2/c1-5-20-38(21-6-2)22-7-23-40-30-15-11-29(12-16-30)25-35-32(33-24-28(4)10-17-34(33)39(35)36)18-19-37-26-41-31-13-8-27(3)9-14-31/h8-17,24,26H,5-7,18-23,25,36H2,1-4H3. The number of aromatic nitrogens is 1. The van der Waals surface area contributed by atoms with Gasteiger partial charge in [0.05, 0.1) is 12.1 Å². The molecular formula is C35H46N4O2. The van der Waals surface area contributed by atoms with E-state index in [9.17, 15) is 0 Å². The molecule has 0 aliphatic carbocycles. The zero-order valence-electron chi connectivity index (χ0n) is 25.2. The second-order valence-corrected chi connectivity index (χ2v) is 10.9. The molecule has 0 fully saturated rings. The molecule has 0 unspecified atom stereocenters. The highest BCUT2D eigenvalue weighted by Crippen LogP contribution is 2.28. The van der Waals surface area contributed by atoms with Crippen LogP contribution in [-0.2, 0) is 12.8 Å². The first-order valence-corrected chi connectivity index (χ1v) is 15.0. The highest BCUT2D eigenvalue weighted by molar-refractivity contribution is 5.86. The number of hydrogen-bond donors (Lipinski definition) is 1. The number of fused-ring (bicyclic) bond motifs is 1. The maximum atomic E-state index is 6.66. The predicted octanol–water partition coefficient (Wildman–Crippen LogP) is 7.10. The Bertz CT molecular complexity index is 1380. The maximum absolute atomic E-state index is 6.66. The monoisotopic (exact) mass is 554 g/mol. The van der Waals surface area contributed by atoms with Gasteiger partial charge in [0.1, 0.15) is 11.5 Å². The van der Waals surface area contributed by atoms with Gasteiger partial charge < -0.3 is 20.2 Å². The van der Waals surface area contributed by atoms with E-state index in [1.807, 2.05) is 28.9 Å². The zero-order valence-corrected chi connectivity index (χ0v) is 25.2. The molecule has 0 amide bonds. The Morgan fingerprint density at radius 1 is 0.854 bits per heavy atom. The van der Waals surface area contributed by atoms with Crippen molar-refractivity contribution in [1.82, 2.24) is 9.58 Å². The van der Waals surface area contributed by atoms with Crippen LogP contribution >= 0.6 is 0 Å². The lowest BCUT2D eigenvalue weighted by Gasteiger charge is -2.20. The molecule has 0 aliphatic heterocycles. The number of nitrogen functional groups attached to an aromatic ring is 1. The van der Waals surface area contributed by atoms with Crippen LogP contribution in [0.2, 0.25) is 0 Å². The first kappa shape index (κ1) is 30.2. The highest BCUT2D eigenvalue weighted by Gasteiger charge is 2.16. The number of ether oxygens (including phenoxy) is 2. The fourth-order valence-electron chi connectivity index (χ4n) is 5.31. The number of hydrogen-bond acceptors (Lipinski definition) is 5. The molecule has 3 aromatic carbocycles. The molecule has 1 aromatic heterocycles. The fraction of sp³-hybridized carbons (Fsp3) is 0.400. The minimum Gasteiger partial charge on any atom is -0.494 e. The summed E-state index contributed by atoms with van der Waals surface area (Å²) in [7, 11) is 0. The van der Waals surface area contributed by atoms with Crippen LogP contribution in [0.1, 0.15) is 61.1 Å². The van der Waals surface area contributed by atoms with Gasteiger partial charge in [0.2, 0.25) is 0 Å². The van der Waals surface area contributed by atoms with E-state index < -0.39 is 0 Å². The van der Waals surface area contributed by atoms with Crippen molar-refractivity contribution in [2.45, 2.75) is 59.8 Å². The van der Waals surface area contributed by atoms with Crippen molar-refractivity contribution in [3.05, 3.63) is 94.7 Å². The molecule has 1 heterocycles. The Morgan fingerprint density at radius 2 is 1.54 bits per heavy atom. The normalized spacial score (nSPS) is 11.6. The van der Waals surface area contributed by atoms with Gasteiger partial charge in [-0.25, -0.2) is 0 Å². The van der Waals surface area contributed by atoms with Gasteiger partial charge in [-0.1, -0.05) is 55.3 Å². The van der Waals surface area contributed by atoms with Crippen molar-refractivity contribution in [2.24, 2.45) is 4.99 Å². The Labute approximate surface area is 245 Å². The second-order valence-electron chi connectivity index (χ2n) is 10.9. The van der Waals surface area contributed by atoms with Gasteiger partial charge in [0, 0.05) is 30.6 Å². The summed E-state index contributed by atoms with van der Waals surface area (Å²) in [4.78, 5) is 7.06. The van der Waals surface area contributed by atoms with Crippen LogP contribution < -0.4 is 15.3 Å². The number of aryl methyl sites for hydroxylation is 2. The first-order chi connectivity index (χ1) is 20.0. The Morgan fingerprint density at radius 3 is 2.24 bits per heavy atom. The van der Waals surface area contributed by atoms with E-state index in [1.54, 1.807) is 6.40 Å². The third kappa shape index (κ3) is 8.61. The average Bonchev–Trinajstić information content (AvgIpc) is 3.22. The Balaban J connectivity index is 1.39. The molecule has 6 nitrogen and oxygen atoms in total. The van der Waals surface area contributed by atoms with Crippen LogP contribution in [0.15, 0.2) is 71.7 Å². The van der Waals surface area contributed by atoms with Crippen molar-refractivity contribution in [3.63, 3.8) is 0 Å². The molecule has 0 aliphatic rings. The summed E-state index contributed by atoms with van der Waals surface area (Å²) in [5.74, 6) is 8.36. The number of nitrogens with two attached hydrogens (primary N) is 1. The van der Waals surface area contributed by atoms with Gasteiger partial charge >= 0.3 is 0 Å². The van der Waals surface area contributed by atoms with E-state index in [-0.39, 0.29) is 0 Å². The fourth-order valence-corrected chi connectivity index (χ4v) is 5.31. The summed E-state index contributed by atoms with van der Waals surface area (Å²) in [5.41, 5.74) is 7.02. The summed E-state index contributed by atoms with van der Waals surface area (Å²) in [6.07, 6.45) is 6.49. The molecule has 2 N–H and O–H groups in total. The van der Waals surface area contributed by atoms with E-state index >= 15 is 0 Å². The molecule has 41 heavy (non-hydrogen) atoms. The van der Waals surface area contributed by atoms with Crippen molar-refractivity contribution >= 4 is 17.3 Å². The van der Waals surface area contributed by atoms with Crippen LogP contribution in [0.5, 0.6) is 11.5 Å². The summed E-state index contributed by atoms with van der Waals surface area (Å²) in [6.45, 7) is 13.4. The quantitative estimate of drug-likeness (QED) is 0.0694. The van der Waals surface area contributed by atoms with E-state index in [0.29, 0.717) is 6.54 Å². The van der Waals surface area contributed by atoms with Crippen LogP contribution in [0, 0.1) is 13.8 Å². The van der Waals surface area contributed by atoms with Crippen molar-refractivity contribution in [1.29, 1.82) is 0 Å². The molecule has 0 atom stereocenters. The minimum absolute atomic E-state index is 0.618. The maximum Gasteiger partial charge on any atom is 0.176 e. The summed E-state index contributed by atoms with van der Waals surface area (Å²) >= 11 is 0. The molecule has 0 saturated heterocycles. The number of aliphatic imine (C=N–C) groups is 1. The summed E-state index contributed by atoms with van der Waals surface area (Å²) < 4.78 is 13.6. The average molecular weight is 555 g/mol. The first-order valence-electron chi connectivity index (χ1n) is 15.0. The van der Waals surface area contributed by atoms with Gasteiger partial charge in [-0.2, -0.15) is 0 Å². The lowest BCUT2D eigenvalue weighted by atomic mass is 10.0. The molecule has 0 spiro atoms. The molecule has 0 bridgehead atoms. The van der Waals surface area contributed by atoms with E-state index in [0.717, 1.165) is 68.2 Å². The van der Waals surface area contributed by atoms with Crippen LogP contribution in [0.3, 0.4) is 0 Å². The van der Waals surface area contributed by atoms with Crippen molar-refractivity contribution in [3.8, 4) is 11.5 Å². The molecule has 4 aromatic rings. The Kier molecular flexibility index (Phi) is 11.3. The van der Waals surface area contributed by atoms with Crippen molar-refractivity contribution in [2.75, 3.05) is 38.6 Å². The Hall–Kier alpha value is -3.77.